The van der Waals surface area contributed by atoms with E-state index < -0.39 is 0 Å². The minimum absolute atomic E-state index is 0.244. The van der Waals surface area contributed by atoms with Crippen molar-refractivity contribution in [1.29, 1.82) is 0 Å². The van der Waals surface area contributed by atoms with E-state index in [1.54, 1.807) is 19.1 Å². The summed E-state index contributed by atoms with van der Waals surface area (Å²) >= 11 is 1.06. The van der Waals surface area contributed by atoms with Gasteiger partial charge in [0.05, 0.1) is 4.90 Å². The first-order valence-corrected chi connectivity index (χ1v) is 6.41. The fourth-order valence-electron chi connectivity index (χ4n) is 1.59. The number of nitrogens with two attached hydrogens (primary N) is 3. The second kappa shape index (κ2) is 5.41. The Kier molecular flexibility index (Phi) is 3.87. The van der Waals surface area contributed by atoms with Gasteiger partial charge >= 0.3 is 0 Å². The lowest BCUT2D eigenvalue weighted by molar-refractivity contribution is 0.591. The number of anilines is 2. The van der Waals surface area contributed by atoms with Crippen LogP contribution in [0.1, 0.15) is 18.5 Å². The molecular weight excluding hydrogens is 265 g/mol. The molecule has 2 rings (SSSR count). The van der Waals surface area contributed by atoms with E-state index in [-0.39, 0.29) is 23.5 Å². The van der Waals surface area contributed by atoms with Gasteiger partial charge in [0.1, 0.15) is 17.5 Å². The Morgan fingerprint density at radius 1 is 1.21 bits per heavy atom. The van der Waals surface area contributed by atoms with E-state index >= 15 is 0 Å². The summed E-state index contributed by atoms with van der Waals surface area (Å²) in [6.45, 7) is 1.79. The summed E-state index contributed by atoms with van der Waals surface area (Å²) in [6, 6.07) is 5.90. The smallest absolute Gasteiger partial charge is 0.196 e. The van der Waals surface area contributed by atoms with Gasteiger partial charge in [0.2, 0.25) is 0 Å². The molecule has 1 aromatic heterocycles. The molecule has 19 heavy (non-hydrogen) atoms. The summed E-state index contributed by atoms with van der Waals surface area (Å²) in [5, 5.41) is 0.296. The van der Waals surface area contributed by atoms with E-state index in [2.05, 4.69) is 9.97 Å². The zero-order valence-corrected chi connectivity index (χ0v) is 11.1. The van der Waals surface area contributed by atoms with Gasteiger partial charge in [0, 0.05) is 12.1 Å². The van der Waals surface area contributed by atoms with Crippen LogP contribution < -0.4 is 17.2 Å². The molecule has 5 nitrogen and oxygen atoms in total. The highest BCUT2D eigenvalue weighted by atomic mass is 32.2. The highest BCUT2D eigenvalue weighted by molar-refractivity contribution is 7.99. The molecule has 100 valence electrons. The van der Waals surface area contributed by atoms with Gasteiger partial charge in [-0.3, -0.25) is 0 Å². The molecule has 0 aliphatic heterocycles. The standard InChI is InChI=1S/C12H14FN5S/c1-6(14)7-3-2-4-8(13)11(7)19-12-17-9(15)5-10(16)18-12/h2-6H,14H2,1H3,(H4,15,16,17,18)/t6-/m0/s1. The molecule has 7 heteroatoms. The zero-order valence-electron chi connectivity index (χ0n) is 10.3. The van der Waals surface area contributed by atoms with Crippen molar-refractivity contribution in [3.8, 4) is 0 Å². The van der Waals surface area contributed by atoms with E-state index in [4.69, 9.17) is 17.2 Å². The Morgan fingerprint density at radius 3 is 2.42 bits per heavy atom. The van der Waals surface area contributed by atoms with Crippen LogP contribution in [0.2, 0.25) is 0 Å². The lowest BCUT2D eigenvalue weighted by Crippen LogP contribution is -2.07. The fourth-order valence-corrected chi connectivity index (χ4v) is 2.61. The highest BCUT2D eigenvalue weighted by Crippen LogP contribution is 2.33. The van der Waals surface area contributed by atoms with E-state index in [9.17, 15) is 4.39 Å². The van der Waals surface area contributed by atoms with Crippen LogP contribution in [0.3, 0.4) is 0 Å². The molecule has 0 saturated carbocycles. The molecule has 1 atom stereocenters. The second-order valence-corrected chi connectivity index (χ2v) is 5.03. The van der Waals surface area contributed by atoms with Crippen LogP contribution in [-0.2, 0) is 0 Å². The van der Waals surface area contributed by atoms with Gasteiger partial charge in [-0.15, -0.1) is 0 Å². The second-order valence-electron chi connectivity index (χ2n) is 4.05. The average molecular weight is 279 g/mol. The van der Waals surface area contributed by atoms with E-state index in [0.717, 1.165) is 11.8 Å². The van der Waals surface area contributed by atoms with Crippen LogP contribution in [0, 0.1) is 5.82 Å². The quantitative estimate of drug-likeness (QED) is 0.742. The predicted octanol–water partition coefficient (Wildman–Crippen LogP) is 1.95. The van der Waals surface area contributed by atoms with Crippen LogP contribution >= 0.6 is 11.8 Å². The third-order valence-electron chi connectivity index (χ3n) is 2.43. The van der Waals surface area contributed by atoms with E-state index in [1.807, 2.05) is 0 Å². The molecule has 1 aromatic carbocycles. The van der Waals surface area contributed by atoms with Gasteiger partial charge in [-0.1, -0.05) is 12.1 Å². The van der Waals surface area contributed by atoms with Gasteiger partial charge in [-0.2, -0.15) is 0 Å². The summed E-state index contributed by atoms with van der Waals surface area (Å²) in [5.41, 5.74) is 17.7. The Hall–Kier alpha value is -1.86. The average Bonchev–Trinajstić information content (AvgIpc) is 2.30. The lowest BCUT2D eigenvalue weighted by Gasteiger charge is -2.12. The molecule has 0 spiro atoms. The van der Waals surface area contributed by atoms with Crippen molar-refractivity contribution in [3.63, 3.8) is 0 Å². The van der Waals surface area contributed by atoms with Crippen LogP contribution in [0.25, 0.3) is 0 Å². The molecule has 0 fully saturated rings. The van der Waals surface area contributed by atoms with Crippen molar-refractivity contribution >= 4 is 23.4 Å². The molecule has 0 radical (unpaired) electrons. The third-order valence-corrected chi connectivity index (χ3v) is 3.43. The zero-order chi connectivity index (χ0) is 14.0. The molecule has 0 saturated heterocycles. The van der Waals surface area contributed by atoms with Crippen molar-refractivity contribution in [2.75, 3.05) is 11.5 Å². The van der Waals surface area contributed by atoms with Crippen molar-refractivity contribution in [2.45, 2.75) is 23.0 Å². The van der Waals surface area contributed by atoms with Crippen LogP contribution in [-0.4, -0.2) is 9.97 Å². The number of aromatic nitrogens is 2. The summed E-state index contributed by atoms with van der Waals surface area (Å²) in [6.07, 6.45) is 0. The molecule has 0 unspecified atom stereocenters. The number of nitrogen functional groups attached to an aromatic ring is 2. The molecule has 6 N–H and O–H groups in total. The van der Waals surface area contributed by atoms with Crippen molar-refractivity contribution in [1.82, 2.24) is 9.97 Å². The summed E-state index contributed by atoms with van der Waals surface area (Å²) in [4.78, 5) is 8.42. The van der Waals surface area contributed by atoms with Gasteiger partial charge in [0.25, 0.3) is 0 Å². The summed E-state index contributed by atoms with van der Waals surface area (Å²) in [5.74, 6) is 0.117. The summed E-state index contributed by atoms with van der Waals surface area (Å²) < 4.78 is 13.9. The maximum absolute atomic E-state index is 13.9. The Bertz CT molecular complexity index is 582. The SMILES string of the molecule is C[C@H](N)c1cccc(F)c1Sc1nc(N)cc(N)n1. The first kappa shape index (κ1) is 13.6. The lowest BCUT2D eigenvalue weighted by atomic mass is 10.1. The van der Waals surface area contributed by atoms with Gasteiger partial charge < -0.3 is 17.2 Å². The fraction of sp³-hybridized carbons (Fsp3) is 0.167. The minimum Gasteiger partial charge on any atom is -0.383 e. The monoisotopic (exact) mass is 279 g/mol. The van der Waals surface area contributed by atoms with Crippen LogP contribution in [0.5, 0.6) is 0 Å². The van der Waals surface area contributed by atoms with Gasteiger partial charge in [0.15, 0.2) is 5.16 Å². The first-order valence-electron chi connectivity index (χ1n) is 5.59. The number of rotatable bonds is 3. The van der Waals surface area contributed by atoms with Crippen LogP contribution in [0.15, 0.2) is 34.3 Å². The van der Waals surface area contributed by atoms with E-state index in [0.29, 0.717) is 15.6 Å². The topological polar surface area (TPSA) is 104 Å². The number of nitrogens with zero attached hydrogens (tertiary/aromatic N) is 2. The molecular formula is C12H14FN5S. The molecule has 0 aliphatic carbocycles. The molecule has 0 bridgehead atoms. The Morgan fingerprint density at radius 2 is 1.84 bits per heavy atom. The first-order chi connectivity index (χ1) is 8.97. The predicted molar refractivity (Wildman–Crippen MR) is 74.0 cm³/mol. The third kappa shape index (κ3) is 3.12. The van der Waals surface area contributed by atoms with Gasteiger partial charge in [-0.25, -0.2) is 14.4 Å². The number of benzene rings is 1. The van der Waals surface area contributed by atoms with Crippen molar-refractivity contribution < 1.29 is 4.39 Å². The number of halogens is 1. The largest absolute Gasteiger partial charge is 0.383 e. The van der Waals surface area contributed by atoms with Gasteiger partial charge in [-0.05, 0) is 30.3 Å². The Balaban J connectivity index is 2.42. The summed E-state index contributed by atoms with van der Waals surface area (Å²) in [7, 11) is 0. The molecule has 0 amide bonds. The van der Waals surface area contributed by atoms with Crippen molar-refractivity contribution in [3.05, 3.63) is 35.6 Å². The highest BCUT2D eigenvalue weighted by Gasteiger charge is 2.15. The normalized spacial score (nSPS) is 12.4. The molecule has 0 aliphatic rings. The maximum Gasteiger partial charge on any atom is 0.196 e. The molecule has 1 heterocycles. The molecule has 2 aromatic rings. The maximum atomic E-state index is 13.9. The number of hydrogen-bond donors (Lipinski definition) is 3. The number of hydrogen-bond acceptors (Lipinski definition) is 6. The van der Waals surface area contributed by atoms with Crippen molar-refractivity contribution in [2.24, 2.45) is 5.73 Å². The minimum atomic E-state index is -0.371. The van der Waals surface area contributed by atoms with E-state index in [1.165, 1.54) is 12.1 Å². The van der Waals surface area contributed by atoms with Crippen LogP contribution in [0.4, 0.5) is 16.0 Å². The Labute approximate surface area is 114 Å².